The zero-order valence-corrected chi connectivity index (χ0v) is 18.1. The Morgan fingerprint density at radius 2 is 1.54 bits per heavy atom. The average Bonchev–Trinajstić information content (AvgIpc) is 2.69. The van der Waals surface area contributed by atoms with E-state index in [9.17, 15) is 4.79 Å². The number of fused-ring (bicyclic) bond motifs is 2. The van der Waals surface area contributed by atoms with E-state index >= 15 is 0 Å². The Kier molecular flexibility index (Phi) is 10.2. The van der Waals surface area contributed by atoms with E-state index in [2.05, 4.69) is 84.8 Å². The van der Waals surface area contributed by atoms with Crippen LogP contribution in [0.2, 0.25) is 0 Å². The van der Waals surface area contributed by atoms with Crippen LogP contribution in [0.4, 0.5) is 16.2 Å². The van der Waals surface area contributed by atoms with Gasteiger partial charge >= 0.3 is 6.03 Å². The molecule has 1 aliphatic rings. The molecule has 154 valence electrons. The first kappa shape index (κ1) is 24.1. The van der Waals surface area contributed by atoms with Crippen LogP contribution in [0, 0.1) is 0 Å². The number of carbonyl (C=O) groups is 1. The smallest absolute Gasteiger partial charge is 0.335 e. The number of hydrogen-bond acceptors (Lipinski definition) is 5. The molecule has 6 nitrogen and oxygen atoms in total. The normalized spacial score (nSPS) is 12.7. The molecule has 0 radical (unpaired) electrons. The van der Waals surface area contributed by atoms with Crippen molar-refractivity contribution in [2.24, 2.45) is 5.73 Å². The van der Waals surface area contributed by atoms with Crippen LogP contribution in [-0.2, 0) is 0 Å². The zero-order valence-electron chi connectivity index (χ0n) is 16.5. The molecular weight excluding hydrogens is 396 g/mol. The predicted molar refractivity (Wildman–Crippen MR) is 118 cm³/mol. The van der Waals surface area contributed by atoms with E-state index in [0.717, 1.165) is 19.6 Å². The molecule has 8 heteroatoms. The van der Waals surface area contributed by atoms with Crippen molar-refractivity contribution in [1.29, 1.82) is 0 Å². The first-order chi connectivity index (χ1) is 13.0. The minimum absolute atomic E-state index is 0. The standard InChI is InChI=1S/C19H24N2S.CH4N2O2.ClH/c1-4-20(5-2)15(3)14-21-16-10-6-8-12-18(16)22-19-13-9-7-11-17(19)21;2-1(4)3-5;/h6-13,15H,4-5,14H2,1-3H3;5H,(H3,2,3,4);1H. The maximum Gasteiger partial charge on any atom is 0.335 e. The molecule has 1 aliphatic heterocycles. The highest BCUT2D eigenvalue weighted by atomic mass is 35.5. The van der Waals surface area contributed by atoms with Crippen LogP contribution in [-0.4, -0.2) is 41.8 Å². The molecule has 28 heavy (non-hydrogen) atoms. The molecule has 2 aromatic rings. The molecule has 0 aromatic heterocycles. The monoisotopic (exact) mass is 424 g/mol. The summed E-state index contributed by atoms with van der Waals surface area (Å²) < 4.78 is 0. The quantitative estimate of drug-likeness (QED) is 0.486. The van der Waals surface area contributed by atoms with Gasteiger partial charge in [0.05, 0.1) is 11.4 Å². The number of para-hydroxylation sites is 2. The van der Waals surface area contributed by atoms with Crippen LogP contribution in [0.15, 0.2) is 58.3 Å². The van der Waals surface area contributed by atoms with Gasteiger partial charge in [0.1, 0.15) is 0 Å². The number of nitrogens with zero attached hydrogens (tertiary/aromatic N) is 2. The number of hydroxylamine groups is 1. The summed E-state index contributed by atoms with van der Waals surface area (Å²) in [6, 6.07) is 17.1. The van der Waals surface area contributed by atoms with Gasteiger partial charge < -0.3 is 10.6 Å². The minimum atomic E-state index is -0.940. The lowest BCUT2D eigenvalue weighted by atomic mass is 10.1. The third-order valence-electron chi connectivity index (χ3n) is 4.52. The van der Waals surface area contributed by atoms with Gasteiger partial charge in [0.15, 0.2) is 0 Å². The summed E-state index contributed by atoms with van der Waals surface area (Å²) >= 11 is 1.88. The number of primary amides is 1. The number of nitrogens with two attached hydrogens (primary N) is 1. The number of halogens is 1. The summed E-state index contributed by atoms with van der Waals surface area (Å²) in [6.07, 6.45) is 0. The van der Waals surface area contributed by atoms with E-state index in [0.29, 0.717) is 6.04 Å². The summed E-state index contributed by atoms with van der Waals surface area (Å²) in [4.78, 5) is 16.9. The Bertz CT molecular complexity index is 713. The summed E-state index contributed by atoms with van der Waals surface area (Å²) in [7, 11) is 0. The molecule has 0 fully saturated rings. The van der Waals surface area contributed by atoms with Gasteiger partial charge in [-0.1, -0.05) is 49.9 Å². The maximum atomic E-state index is 9.23. The highest BCUT2D eigenvalue weighted by molar-refractivity contribution is 7.99. The molecule has 0 aliphatic carbocycles. The molecule has 3 rings (SSSR count). The second kappa shape index (κ2) is 11.8. The number of anilines is 2. The molecular formula is C20H29ClN4O2S. The van der Waals surface area contributed by atoms with Crippen molar-refractivity contribution in [3.63, 3.8) is 0 Å². The second-order valence-electron chi connectivity index (χ2n) is 6.19. The van der Waals surface area contributed by atoms with Gasteiger partial charge in [0, 0.05) is 22.4 Å². The van der Waals surface area contributed by atoms with Gasteiger partial charge in [-0.25, -0.2) is 10.3 Å². The van der Waals surface area contributed by atoms with E-state index in [1.165, 1.54) is 26.6 Å². The van der Waals surface area contributed by atoms with Crippen molar-refractivity contribution in [3.8, 4) is 0 Å². The molecule has 1 unspecified atom stereocenters. The Morgan fingerprint density at radius 3 is 1.93 bits per heavy atom. The van der Waals surface area contributed by atoms with Crippen molar-refractivity contribution < 1.29 is 10.0 Å². The number of urea groups is 1. The molecule has 0 saturated carbocycles. The molecule has 1 atom stereocenters. The minimum Gasteiger partial charge on any atom is -0.350 e. The summed E-state index contributed by atoms with van der Waals surface area (Å²) in [5, 5.41) is 7.42. The fourth-order valence-electron chi connectivity index (χ4n) is 3.20. The summed E-state index contributed by atoms with van der Waals surface area (Å²) in [6.45, 7) is 10.0. The van der Waals surface area contributed by atoms with Crippen LogP contribution in [0.3, 0.4) is 0 Å². The lowest BCUT2D eigenvalue weighted by Gasteiger charge is -2.37. The van der Waals surface area contributed by atoms with Crippen molar-refractivity contribution in [1.82, 2.24) is 10.4 Å². The van der Waals surface area contributed by atoms with Crippen molar-refractivity contribution in [3.05, 3.63) is 48.5 Å². The first-order valence-electron chi connectivity index (χ1n) is 9.08. The lowest BCUT2D eigenvalue weighted by Crippen LogP contribution is -2.41. The van der Waals surface area contributed by atoms with Gasteiger partial charge in [-0.15, -0.1) is 12.4 Å². The van der Waals surface area contributed by atoms with Gasteiger partial charge in [0.25, 0.3) is 0 Å². The molecule has 2 aromatic carbocycles. The third kappa shape index (κ3) is 6.04. The van der Waals surface area contributed by atoms with Crippen molar-refractivity contribution >= 4 is 41.6 Å². The largest absolute Gasteiger partial charge is 0.350 e. The fourth-order valence-corrected chi connectivity index (χ4v) is 4.30. The van der Waals surface area contributed by atoms with E-state index < -0.39 is 6.03 Å². The van der Waals surface area contributed by atoms with Gasteiger partial charge in [-0.3, -0.25) is 10.1 Å². The number of carbonyl (C=O) groups excluding carboxylic acids is 1. The molecule has 2 amide bonds. The number of amides is 2. The molecule has 1 heterocycles. The molecule has 0 saturated heterocycles. The SMILES string of the molecule is CCN(CC)C(C)CN1c2ccccc2Sc2ccccc21.Cl.NC(=O)NO. The van der Waals surface area contributed by atoms with Crippen molar-refractivity contribution in [2.75, 3.05) is 24.5 Å². The number of likely N-dealkylation sites (N-methyl/N-ethyl adjacent to an activating group) is 1. The van der Waals surface area contributed by atoms with Gasteiger partial charge in [0.2, 0.25) is 0 Å². The van der Waals surface area contributed by atoms with Crippen LogP contribution in [0.1, 0.15) is 20.8 Å². The molecule has 4 N–H and O–H groups in total. The molecule has 0 spiro atoms. The number of hydrogen-bond donors (Lipinski definition) is 3. The van der Waals surface area contributed by atoms with Gasteiger partial charge in [-0.05, 0) is 44.3 Å². The van der Waals surface area contributed by atoms with Gasteiger partial charge in [-0.2, -0.15) is 0 Å². The highest BCUT2D eigenvalue weighted by Crippen LogP contribution is 2.47. The first-order valence-corrected chi connectivity index (χ1v) is 9.90. The Morgan fingerprint density at radius 1 is 1.11 bits per heavy atom. The van der Waals surface area contributed by atoms with Crippen molar-refractivity contribution in [2.45, 2.75) is 36.6 Å². The van der Waals surface area contributed by atoms with Crippen LogP contribution < -0.4 is 16.1 Å². The highest BCUT2D eigenvalue weighted by Gasteiger charge is 2.25. The van der Waals surface area contributed by atoms with E-state index in [1.54, 1.807) is 0 Å². The number of benzene rings is 2. The summed E-state index contributed by atoms with van der Waals surface area (Å²) in [5.74, 6) is 0. The predicted octanol–water partition coefficient (Wildman–Crippen LogP) is 4.49. The fraction of sp³-hybridized carbons (Fsp3) is 0.350. The molecule has 0 bridgehead atoms. The van der Waals surface area contributed by atoms with E-state index in [-0.39, 0.29) is 12.4 Å². The Balaban J connectivity index is 0.000000584. The van der Waals surface area contributed by atoms with E-state index in [4.69, 9.17) is 5.21 Å². The average molecular weight is 425 g/mol. The topological polar surface area (TPSA) is 81.8 Å². The Labute approximate surface area is 177 Å². The lowest BCUT2D eigenvalue weighted by molar-refractivity contribution is 0.169. The van der Waals surface area contributed by atoms with E-state index in [1.807, 2.05) is 11.8 Å². The van der Waals surface area contributed by atoms with Crippen LogP contribution in [0.5, 0.6) is 0 Å². The Hall–Kier alpha value is -1.93. The zero-order chi connectivity index (χ0) is 19.8. The second-order valence-corrected chi connectivity index (χ2v) is 7.28. The summed E-state index contributed by atoms with van der Waals surface area (Å²) in [5.41, 5.74) is 8.13. The number of nitrogens with one attached hydrogen (secondary N) is 1. The van der Waals surface area contributed by atoms with Crippen LogP contribution >= 0.6 is 24.2 Å². The van der Waals surface area contributed by atoms with Crippen LogP contribution in [0.25, 0.3) is 0 Å². The third-order valence-corrected chi connectivity index (χ3v) is 5.65. The maximum absolute atomic E-state index is 9.23. The number of rotatable bonds is 5.